The van der Waals surface area contributed by atoms with E-state index in [0.29, 0.717) is 25.1 Å². The zero-order chi connectivity index (χ0) is 34.1. The lowest BCUT2D eigenvalue weighted by Crippen LogP contribution is -2.53. The van der Waals surface area contributed by atoms with Crippen molar-refractivity contribution in [3.8, 4) is 28.7 Å². The van der Waals surface area contributed by atoms with E-state index in [9.17, 15) is 23.8 Å². The fourth-order valence-corrected chi connectivity index (χ4v) is 10.6. The zero-order valence-electron chi connectivity index (χ0n) is 25.8. The third-order valence-electron chi connectivity index (χ3n) is 8.50. The molecule has 3 aromatic rings. The van der Waals surface area contributed by atoms with Crippen LogP contribution in [0.3, 0.4) is 0 Å². The fraction of sp³-hybridized carbons (Fsp3) is 0.370. The number of phosphoric ester groups is 3. The first-order valence-electron chi connectivity index (χ1n) is 15.2. The molecule has 8 heterocycles. The Morgan fingerprint density at radius 3 is 2.22 bits per heavy atom. The van der Waals surface area contributed by atoms with Gasteiger partial charge in [-0.15, -0.1) is 0 Å². The molecule has 2 saturated heterocycles. The SMILES string of the molecule is CCCC1(CN(CC)CC)OP2(=O)ON1c1c3c(/C=C/c4ccc([N+](=O)[O-])cc4)nc4c5c6c(c(c14)OP(=O)(O6)O3)OC1(OP(=O)(O5)O1)O2. The molecule has 1 aromatic heterocycles. The van der Waals surface area contributed by atoms with Crippen LogP contribution in [0.5, 0.6) is 28.7 Å². The van der Waals surface area contributed by atoms with Crippen LogP contribution in [0.25, 0.3) is 23.1 Å². The molecule has 258 valence electrons. The van der Waals surface area contributed by atoms with Crippen molar-refractivity contribution in [3.63, 3.8) is 0 Å². The number of pyridine rings is 1. The first-order chi connectivity index (χ1) is 23.3. The van der Waals surface area contributed by atoms with Crippen molar-refractivity contribution < 1.29 is 64.2 Å². The maximum absolute atomic E-state index is 14.5. The first kappa shape index (κ1) is 31.2. The fourth-order valence-electron chi connectivity index (χ4n) is 6.40. The number of rotatable bonds is 9. The van der Waals surface area contributed by atoms with E-state index in [4.69, 9.17) is 50.5 Å². The summed E-state index contributed by atoms with van der Waals surface area (Å²) >= 11 is 0. The van der Waals surface area contributed by atoms with Crippen molar-refractivity contribution >= 4 is 57.9 Å². The molecule has 3 atom stereocenters. The van der Waals surface area contributed by atoms with Gasteiger partial charge in [0.05, 0.1) is 10.3 Å². The number of fused-ring (bicyclic) bond motifs is 3. The van der Waals surface area contributed by atoms with Crippen molar-refractivity contribution in [2.24, 2.45) is 0 Å². The van der Waals surface area contributed by atoms with E-state index in [1.807, 2.05) is 25.7 Å². The van der Waals surface area contributed by atoms with Gasteiger partial charge in [-0.3, -0.25) is 19.5 Å². The van der Waals surface area contributed by atoms with Gasteiger partial charge in [-0.1, -0.05) is 33.3 Å². The number of benzene rings is 2. The molecular formula is C27H25N4O15P3. The van der Waals surface area contributed by atoms with Crippen molar-refractivity contribution in [1.82, 2.24) is 9.88 Å². The van der Waals surface area contributed by atoms with Crippen LogP contribution in [0.1, 0.15) is 44.9 Å². The van der Waals surface area contributed by atoms with Crippen LogP contribution in [0.2, 0.25) is 0 Å². The number of aromatic nitrogens is 1. The molecule has 0 aliphatic carbocycles. The normalized spacial score (nSPS) is 32.4. The van der Waals surface area contributed by atoms with Crippen LogP contribution >= 0.6 is 23.5 Å². The minimum absolute atomic E-state index is 0.0000663. The average molecular weight is 738 g/mol. The third kappa shape index (κ3) is 4.51. The predicted molar refractivity (Wildman–Crippen MR) is 166 cm³/mol. The molecule has 0 saturated carbocycles. The van der Waals surface area contributed by atoms with E-state index in [2.05, 4.69) is 0 Å². The molecule has 1 spiro atoms. The van der Waals surface area contributed by atoms with Gasteiger partial charge >= 0.3 is 29.6 Å². The summed E-state index contributed by atoms with van der Waals surface area (Å²) in [7, 11) is -14.0. The van der Waals surface area contributed by atoms with Crippen molar-refractivity contribution in [1.29, 1.82) is 0 Å². The molecule has 2 aromatic carbocycles. The van der Waals surface area contributed by atoms with E-state index in [1.54, 1.807) is 6.08 Å². The van der Waals surface area contributed by atoms with E-state index in [-0.39, 0.29) is 69.7 Å². The molecule has 0 radical (unpaired) electrons. The van der Waals surface area contributed by atoms with Crippen molar-refractivity contribution in [2.75, 3.05) is 24.7 Å². The topological polar surface area (TPSA) is 206 Å². The quantitative estimate of drug-likeness (QED) is 0.125. The number of hydrogen-bond acceptors (Lipinski definition) is 18. The summed E-state index contributed by atoms with van der Waals surface area (Å²) in [4.78, 5) is 17.4. The van der Waals surface area contributed by atoms with Gasteiger partial charge in [-0.25, -0.2) is 19.2 Å². The molecular weight excluding hydrogens is 713 g/mol. The van der Waals surface area contributed by atoms with Crippen molar-refractivity contribution in [3.05, 3.63) is 45.6 Å². The van der Waals surface area contributed by atoms with Crippen LogP contribution in [-0.2, 0) is 36.4 Å². The Morgan fingerprint density at radius 2 is 1.53 bits per heavy atom. The molecule has 0 amide bonds. The first-order valence-corrected chi connectivity index (χ1v) is 19.5. The molecule has 7 aliphatic rings. The number of nitro benzene ring substituents is 1. The Bertz CT molecular complexity index is 2170. The number of ether oxygens (including phenoxy) is 1. The number of anilines is 1. The maximum Gasteiger partial charge on any atom is 0.647 e. The minimum atomic E-state index is -4.80. The summed E-state index contributed by atoms with van der Waals surface area (Å²) in [6, 6.07) is 5.68. The van der Waals surface area contributed by atoms with Crippen molar-refractivity contribution in [2.45, 2.75) is 45.5 Å². The van der Waals surface area contributed by atoms with Gasteiger partial charge in [-0.05, 0) is 43.3 Å². The summed E-state index contributed by atoms with van der Waals surface area (Å²) in [5.74, 6) is -1.41. The number of phosphoric acid groups is 3. The van der Waals surface area contributed by atoms with Gasteiger partial charge in [0.1, 0.15) is 16.9 Å². The highest BCUT2D eigenvalue weighted by Crippen LogP contribution is 2.80. The Kier molecular flexibility index (Phi) is 6.48. The zero-order valence-corrected chi connectivity index (χ0v) is 28.4. The lowest BCUT2D eigenvalue weighted by atomic mass is 10.0. The Hall–Kier alpha value is -3.76. The van der Waals surface area contributed by atoms with Gasteiger partial charge in [0.15, 0.2) is 17.2 Å². The van der Waals surface area contributed by atoms with E-state index < -0.39 is 40.3 Å². The van der Waals surface area contributed by atoms with Gasteiger partial charge < -0.3 is 22.8 Å². The lowest BCUT2D eigenvalue weighted by Gasteiger charge is -2.44. The lowest BCUT2D eigenvalue weighted by molar-refractivity contribution is -0.432. The maximum atomic E-state index is 14.5. The number of hydrogen-bond donors (Lipinski definition) is 0. The highest BCUT2D eigenvalue weighted by atomic mass is 31.2. The molecule has 7 aliphatic heterocycles. The van der Waals surface area contributed by atoms with Crippen LogP contribution in [0.4, 0.5) is 11.4 Å². The number of hydroxylamine groups is 1. The Morgan fingerprint density at radius 1 is 0.857 bits per heavy atom. The summed E-state index contributed by atoms with van der Waals surface area (Å²) in [5.41, 5.74) is -1.21. The second-order valence-corrected chi connectivity index (χ2v) is 15.9. The van der Waals surface area contributed by atoms with E-state index >= 15 is 0 Å². The van der Waals surface area contributed by atoms with E-state index in [1.165, 1.54) is 35.4 Å². The smallest absolute Gasteiger partial charge is 0.407 e. The standard InChI is InChI=1S/C27H25N4O15P3/c1-4-13-26(14-29(5-2)6-3)30-20-18-19-23-25-24(37-27(43-48(35,40-23)44-27)45-49(36,42-26)46-30)22(18)39-47(34,41-25)38-21(20)17(28-19)12-9-15-7-10-16(11-8-15)31(32)33/h7-12H,4-6,13-14H2,1-3H3/b12-9+. The summed E-state index contributed by atoms with van der Waals surface area (Å²) < 4.78 is 101. The van der Waals surface area contributed by atoms with Crippen LogP contribution in [-0.4, -0.2) is 46.3 Å². The Balaban J connectivity index is 1.37. The van der Waals surface area contributed by atoms with Crippen LogP contribution < -0.4 is 27.9 Å². The summed E-state index contributed by atoms with van der Waals surface area (Å²) in [5, 5.41) is 12.5. The van der Waals surface area contributed by atoms with Gasteiger partial charge in [0, 0.05) is 18.7 Å². The highest BCUT2D eigenvalue weighted by Gasteiger charge is 2.73. The number of non-ortho nitro benzene ring substituents is 1. The summed E-state index contributed by atoms with van der Waals surface area (Å²) in [6.07, 6.45) is 0.982. The van der Waals surface area contributed by atoms with E-state index in [0.717, 1.165) is 0 Å². The molecule has 0 N–H and O–H groups in total. The van der Waals surface area contributed by atoms with Gasteiger partial charge in [0.2, 0.25) is 17.2 Å². The van der Waals surface area contributed by atoms with Gasteiger partial charge in [0.25, 0.3) is 5.69 Å². The second kappa shape index (κ2) is 10.2. The number of likely N-dealkylation sites (N-methyl/N-ethyl adjacent to an activating group) is 1. The Labute approximate surface area is 276 Å². The third-order valence-corrected chi connectivity index (χ3v) is 12.4. The minimum Gasteiger partial charge on any atom is -0.407 e. The highest BCUT2D eigenvalue weighted by molar-refractivity contribution is 7.51. The van der Waals surface area contributed by atoms with Crippen LogP contribution in [0.15, 0.2) is 24.3 Å². The van der Waals surface area contributed by atoms with Gasteiger partial charge in [-0.2, -0.15) is 22.8 Å². The molecule has 10 rings (SSSR count). The predicted octanol–water partition coefficient (Wildman–Crippen LogP) is 6.87. The number of nitrogens with zero attached hydrogens (tertiary/aromatic N) is 4. The molecule has 22 heteroatoms. The molecule has 49 heavy (non-hydrogen) atoms. The average Bonchev–Trinajstić information content (AvgIpc) is 3.29. The van der Waals surface area contributed by atoms with Crippen LogP contribution in [0, 0.1) is 10.1 Å². The number of nitro groups is 1. The molecule has 3 unspecified atom stereocenters. The molecule has 12 bridgehead atoms. The monoisotopic (exact) mass is 738 g/mol. The second-order valence-electron chi connectivity index (χ2n) is 11.6. The largest absolute Gasteiger partial charge is 0.647 e. The molecule has 2 fully saturated rings. The summed E-state index contributed by atoms with van der Waals surface area (Å²) in [6.45, 7) is 7.03. The molecule has 19 nitrogen and oxygen atoms in total.